The summed E-state index contributed by atoms with van der Waals surface area (Å²) in [5, 5.41) is 9.18. The van der Waals surface area contributed by atoms with Crippen LogP contribution in [0.25, 0.3) is 11.0 Å². The second-order valence-electron chi connectivity index (χ2n) is 9.28. The third-order valence-electron chi connectivity index (χ3n) is 6.57. The van der Waals surface area contributed by atoms with Gasteiger partial charge in [0, 0.05) is 32.6 Å². The second kappa shape index (κ2) is 8.28. The molecule has 1 amide bonds. The minimum atomic E-state index is 0.202. The van der Waals surface area contributed by atoms with E-state index in [1.54, 1.807) is 6.33 Å². The molecule has 0 radical (unpaired) electrons. The Morgan fingerprint density at radius 3 is 2.66 bits per heavy atom. The lowest BCUT2D eigenvalue weighted by Crippen LogP contribution is -2.49. The van der Waals surface area contributed by atoms with Crippen LogP contribution >= 0.6 is 0 Å². The van der Waals surface area contributed by atoms with Crippen LogP contribution in [0.2, 0.25) is 0 Å². The van der Waals surface area contributed by atoms with Crippen molar-refractivity contribution < 1.29 is 4.79 Å². The number of nitrogens with one attached hydrogen (secondary N) is 1. The minimum absolute atomic E-state index is 0.202. The molecular formula is C22H34N6O. The summed E-state index contributed by atoms with van der Waals surface area (Å²) in [6, 6.07) is 0. The van der Waals surface area contributed by atoms with Gasteiger partial charge in [-0.2, -0.15) is 5.10 Å². The van der Waals surface area contributed by atoms with Gasteiger partial charge in [0.25, 0.3) is 0 Å². The molecule has 1 spiro atoms. The number of fused-ring (bicyclic) bond motifs is 1. The molecule has 0 aliphatic carbocycles. The van der Waals surface area contributed by atoms with Gasteiger partial charge in [-0.15, -0.1) is 0 Å². The van der Waals surface area contributed by atoms with Crippen molar-refractivity contribution in [1.82, 2.24) is 25.1 Å². The van der Waals surface area contributed by atoms with E-state index in [1.165, 1.54) is 0 Å². The lowest BCUT2D eigenvalue weighted by molar-refractivity contribution is -0.124. The van der Waals surface area contributed by atoms with E-state index >= 15 is 0 Å². The molecule has 2 aromatic rings. The number of hydrogen-bond acceptors (Lipinski definition) is 5. The number of aryl methyl sites for hydroxylation is 1. The number of unbranched alkanes of at least 4 members (excludes halogenated alkanes) is 1. The van der Waals surface area contributed by atoms with Crippen molar-refractivity contribution >= 4 is 22.8 Å². The molecule has 0 saturated carbocycles. The average molecular weight is 399 g/mol. The van der Waals surface area contributed by atoms with Gasteiger partial charge in [0.2, 0.25) is 5.91 Å². The SMILES string of the molecule is CCCCn1nc(CC(C)C)c2c(N3CCC4(CCC(=O)NC4)CC3)ncnc21. The van der Waals surface area contributed by atoms with Crippen molar-refractivity contribution in [2.75, 3.05) is 24.5 Å². The first-order valence-corrected chi connectivity index (χ1v) is 11.2. The van der Waals surface area contributed by atoms with Crippen LogP contribution in [0.15, 0.2) is 6.33 Å². The van der Waals surface area contributed by atoms with Gasteiger partial charge in [0.15, 0.2) is 5.65 Å². The van der Waals surface area contributed by atoms with Crippen LogP contribution in [0, 0.1) is 11.3 Å². The van der Waals surface area contributed by atoms with Crippen LogP contribution in [-0.2, 0) is 17.8 Å². The number of carbonyl (C=O) groups excluding carboxylic acids is 1. The summed E-state index contributed by atoms with van der Waals surface area (Å²) in [5.74, 6) is 1.78. The highest BCUT2D eigenvalue weighted by atomic mass is 16.1. The predicted octanol–water partition coefficient (Wildman–Crippen LogP) is 3.32. The third-order valence-corrected chi connectivity index (χ3v) is 6.57. The van der Waals surface area contributed by atoms with Crippen molar-refractivity contribution in [2.45, 2.75) is 72.3 Å². The quantitative estimate of drug-likeness (QED) is 0.808. The van der Waals surface area contributed by atoms with Crippen LogP contribution < -0.4 is 10.2 Å². The molecule has 2 aliphatic rings. The minimum Gasteiger partial charge on any atom is -0.356 e. The Morgan fingerprint density at radius 1 is 1.21 bits per heavy atom. The van der Waals surface area contributed by atoms with Crippen molar-refractivity contribution in [3.8, 4) is 0 Å². The number of nitrogens with zero attached hydrogens (tertiary/aromatic N) is 5. The fourth-order valence-electron chi connectivity index (χ4n) is 4.76. The van der Waals surface area contributed by atoms with Crippen LogP contribution in [0.3, 0.4) is 0 Å². The summed E-state index contributed by atoms with van der Waals surface area (Å²) in [6.07, 6.45) is 8.77. The monoisotopic (exact) mass is 398 g/mol. The van der Waals surface area contributed by atoms with Gasteiger partial charge in [-0.05, 0) is 43.4 Å². The molecule has 0 bridgehead atoms. The van der Waals surface area contributed by atoms with E-state index in [9.17, 15) is 4.79 Å². The summed E-state index contributed by atoms with van der Waals surface area (Å²) >= 11 is 0. The second-order valence-corrected chi connectivity index (χ2v) is 9.28. The number of amides is 1. The largest absolute Gasteiger partial charge is 0.356 e. The highest BCUT2D eigenvalue weighted by molar-refractivity contribution is 5.90. The molecule has 1 N–H and O–H groups in total. The molecular weight excluding hydrogens is 364 g/mol. The molecule has 2 saturated heterocycles. The molecule has 0 unspecified atom stereocenters. The fraction of sp³-hybridized carbons (Fsp3) is 0.727. The van der Waals surface area contributed by atoms with Crippen molar-refractivity contribution in [3.05, 3.63) is 12.0 Å². The standard InChI is InChI=1S/C22H34N6O/c1-4-5-10-28-21-19(17(26-28)13-16(2)3)20(24-15-25-21)27-11-8-22(9-12-27)7-6-18(29)23-14-22/h15-16H,4-14H2,1-3H3,(H,23,29). The van der Waals surface area contributed by atoms with Crippen molar-refractivity contribution in [1.29, 1.82) is 0 Å². The van der Waals surface area contributed by atoms with Crippen molar-refractivity contribution in [2.24, 2.45) is 11.3 Å². The lowest BCUT2D eigenvalue weighted by atomic mass is 9.73. The lowest BCUT2D eigenvalue weighted by Gasteiger charge is -2.44. The molecule has 7 nitrogen and oxygen atoms in total. The van der Waals surface area contributed by atoms with E-state index in [-0.39, 0.29) is 11.3 Å². The number of rotatable bonds is 6. The maximum Gasteiger partial charge on any atom is 0.220 e. The molecule has 7 heteroatoms. The number of hydrogen-bond donors (Lipinski definition) is 1. The van der Waals surface area contributed by atoms with Gasteiger partial charge in [0.1, 0.15) is 12.1 Å². The summed E-state index contributed by atoms with van der Waals surface area (Å²) in [7, 11) is 0. The Labute approximate surface area is 173 Å². The van der Waals surface area contributed by atoms with Crippen LogP contribution in [0.1, 0.15) is 65.0 Å². The predicted molar refractivity (Wildman–Crippen MR) is 115 cm³/mol. The summed E-state index contributed by atoms with van der Waals surface area (Å²) < 4.78 is 2.09. The summed E-state index contributed by atoms with van der Waals surface area (Å²) in [6.45, 7) is 10.4. The zero-order valence-corrected chi connectivity index (χ0v) is 18.1. The van der Waals surface area contributed by atoms with E-state index in [4.69, 9.17) is 10.1 Å². The van der Waals surface area contributed by atoms with E-state index in [0.717, 1.165) is 87.2 Å². The maximum absolute atomic E-state index is 11.6. The number of aromatic nitrogens is 4. The Morgan fingerprint density at radius 2 is 2.00 bits per heavy atom. The van der Waals surface area contributed by atoms with Gasteiger partial charge in [-0.25, -0.2) is 14.6 Å². The molecule has 0 aromatic carbocycles. The van der Waals surface area contributed by atoms with E-state index in [2.05, 4.69) is 40.7 Å². The molecule has 158 valence electrons. The third kappa shape index (κ3) is 4.09. The molecule has 0 atom stereocenters. The Kier molecular flexibility index (Phi) is 5.74. The maximum atomic E-state index is 11.6. The Bertz CT molecular complexity index is 854. The normalized spacial score (nSPS) is 19.3. The molecule has 2 aliphatic heterocycles. The van der Waals surface area contributed by atoms with Gasteiger partial charge in [-0.3, -0.25) is 4.79 Å². The zero-order valence-electron chi connectivity index (χ0n) is 18.1. The molecule has 4 heterocycles. The highest BCUT2D eigenvalue weighted by Crippen LogP contribution is 2.40. The highest BCUT2D eigenvalue weighted by Gasteiger charge is 2.38. The molecule has 2 fully saturated rings. The molecule has 4 rings (SSSR count). The summed E-state index contributed by atoms with van der Waals surface area (Å²) in [4.78, 5) is 23.3. The van der Waals surface area contributed by atoms with Crippen LogP contribution in [-0.4, -0.2) is 45.3 Å². The average Bonchev–Trinajstić information content (AvgIpc) is 3.06. The Hall–Kier alpha value is -2.18. The van der Waals surface area contributed by atoms with Gasteiger partial charge >= 0.3 is 0 Å². The number of carbonyl (C=O) groups is 1. The number of anilines is 1. The van der Waals surface area contributed by atoms with E-state index in [1.807, 2.05) is 0 Å². The van der Waals surface area contributed by atoms with E-state index < -0.39 is 0 Å². The first-order chi connectivity index (χ1) is 14.0. The fourth-order valence-corrected chi connectivity index (χ4v) is 4.76. The number of piperidine rings is 2. The first kappa shape index (κ1) is 20.1. The Balaban J connectivity index is 1.62. The van der Waals surface area contributed by atoms with E-state index in [0.29, 0.717) is 12.3 Å². The van der Waals surface area contributed by atoms with Crippen LogP contribution in [0.4, 0.5) is 5.82 Å². The topological polar surface area (TPSA) is 75.9 Å². The molecule has 2 aromatic heterocycles. The summed E-state index contributed by atoms with van der Waals surface area (Å²) in [5.41, 5.74) is 2.37. The van der Waals surface area contributed by atoms with Gasteiger partial charge < -0.3 is 10.2 Å². The van der Waals surface area contributed by atoms with Gasteiger partial charge in [-0.1, -0.05) is 27.2 Å². The zero-order chi connectivity index (χ0) is 20.4. The van der Waals surface area contributed by atoms with Gasteiger partial charge in [0.05, 0.1) is 11.1 Å². The first-order valence-electron chi connectivity index (χ1n) is 11.2. The van der Waals surface area contributed by atoms with Crippen molar-refractivity contribution in [3.63, 3.8) is 0 Å². The molecule has 29 heavy (non-hydrogen) atoms. The van der Waals surface area contributed by atoms with Crippen LogP contribution in [0.5, 0.6) is 0 Å². The smallest absolute Gasteiger partial charge is 0.220 e.